The largest absolute Gasteiger partial charge is 0.480 e. The Balaban J connectivity index is 2.15. The summed E-state index contributed by atoms with van der Waals surface area (Å²) in [6.45, 7) is 1.38. The number of hydrogen-bond acceptors (Lipinski definition) is 6. The van der Waals surface area contributed by atoms with Crippen LogP contribution in [0.3, 0.4) is 0 Å². The number of ether oxygens (including phenoxy) is 3. The normalized spacial score (nSPS) is 22.8. The Morgan fingerprint density at radius 2 is 2.25 bits per heavy atom. The maximum Gasteiger partial charge on any atom is 0.238 e. The van der Waals surface area contributed by atoms with Crippen molar-refractivity contribution >= 4 is 0 Å². The molecule has 0 aromatic carbocycles. The average molecular weight is 226 g/mol. The molecule has 1 aliphatic rings. The van der Waals surface area contributed by atoms with Gasteiger partial charge in [-0.2, -0.15) is 0 Å². The maximum absolute atomic E-state index is 10.1. The number of rotatable bonds is 3. The molecule has 1 aromatic rings. The van der Waals surface area contributed by atoms with E-state index >= 15 is 0 Å². The van der Waals surface area contributed by atoms with Crippen LogP contribution in [0.4, 0.5) is 0 Å². The van der Waals surface area contributed by atoms with E-state index in [0.29, 0.717) is 31.4 Å². The molecule has 0 aliphatic carbocycles. The van der Waals surface area contributed by atoms with E-state index in [0.717, 1.165) is 0 Å². The summed E-state index contributed by atoms with van der Waals surface area (Å²) in [6.07, 6.45) is 1.71. The van der Waals surface area contributed by atoms with Gasteiger partial charge in [0, 0.05) is 12.4 Å². The second-order valence-corrected chi connectivity index (χ2v) is 3.38. The van der Waals surface area contributed by atoms with Crippen molar-refractivity contribution in [3.63, 3.8) is 0 Å². The Morgan fingerprint density at radius 3 is 2.94 bits per heavy atom. The SMILES string of the molecule is COc1nccnc1C(O)C1COCCO1. The van der Waals surface area contributed by atoms with Crippen molar-refractivity contribution in [3.8, 4) is 5.88 Å². The molecule has 0 saturated carbocycles. The van der Waals surface area contributed by atoms with Crippen molar-refractivity contribution in [1.29, 1.82) is 0 Å². The van der Waals surface area contributed by atoms with Crippen molar-refractivity contribution in [1.82, 2.24) is 9.97 Å². The number of aliphatic hydroxyl groups excluding tert-OH is 1. The van der Waals surface area contributed by atoms with E-state index in [-0.39, 0.29) is 0 Å². The zero-order valence-corrected chi connectivity index (χ0v) is 9.00. The van der Waals surface area contributed by atoms with Gasteiger partial charge in [0.15, 0.2) is 0 Å². The van der Waals surface area contributed by atoms with Crippen LogP contribution in [-0.2, 0) is 9.47 Å². The summed E-state index contributed by atoms with van der Waals surface area (Å²) in [4.78, 5) is 8.02. The van der Waals surface area contributed by atoms with Crippen molar-refractivity contribution in [2.75, 3.05) is 26.9 Å². The van der Waals surface area contributed by atoms with Gasteiger partial charge >= 0.3 is 0 Å². The smallest absolute Gasteiger partial charge is 0.238 e. The Bertz CT molecular complexity index is 341. The number of methoxy groups -OCH3 is 1. The summed E-state index contributed by atoms with van der Waals surface area (Å²) in [5.41, 5.74) is 0.375. The van der Waals surface area contributed by atoms with Crippen LogP contribution in [0, 0.1) is 0 Å². The molecule has 2 heterocycles. The van der Waals surface area contributed by atoms with E-state index in [2.05, 4.69) is 9.97 Å². The Kier molecular flexibility index (Phi) is 3.66. The van der Waals surface area contributed by atoms with Crippen LogP contribution in [0.15, 0.2) is 12.4 Å². The van der Waals surface area contributed by atoms with Gasteiger partial charge in [-0.3, -0.25) is 4.98 Å². The first-order chi connectivity index (χ1) is 7.83. The standard InChI is InChI=1S/C10H14N2O4/c1-14-10-8(11-2-3-12-10)9(13)7-6-15-4-5-16-7/h2-3,7,9,13H,4-6H2,1H3. The molecule has 1 saturated heterocycles. The van der Waals surface area contributed by atoms with E-state index in [4.69, 9.17) is 14.2 Å². The molecule has 1 aromatic heterocycles. The van der Waals surface area contributed by atoms with Gasteiger partial charge in [0.1, 0.15) is 17.9 Å². The fourth-order valence-electron chi connectivity index (χ4n) is 1.56. The van der Waals surface area contributed by atoms with Crippen molar-refractivity contribution in [3.05, 3.63) is 18.1 Å². The van der Waals surface area contributed by atoms with Crippen LogP contribution < -0.4 is 4.74 Å². The van der Waals surface area contributed by atoms with Gasteiger partial charge in [0.25, 0.3) is 0 Å². The minimum atomic E-state index is -0.885. The third kappa shape index (κ3) is 2.29. The van der Waals surface area contributed by atoms with E-state index < -0.39 is 12.2 Å². The fourth-order valence-corrected chi connectivity index (χ4v) is 1.56. The highest BCUT2D eigenvalue weighted by molar-refractivity contribution is 5.20. The highest BCUT2D eigenvalue weighted by Crippen LogP contribution is 2.25. The lowest BCUT2D eigenvalue weighted by Crippen LogP contribution is -2.34. The summed E-state index contributed by atoms with van der Waals surface area (Å²) in [5.74, 6) is 0.309. The minimum Gasteiger partial charge on any atom is -0.480 e. The second-order valence-electron chi connectivity index (χ2n) is 3.38. The molecular weight excluding hydrogens is 212 g/mol. The summed E-state index contributed by atoms with van der Waals surface area (Å²) >= 11 is 0. The van der Waals surface area contributed by atoms with E-state index in [1.165, 1.54) is 19.5 Å². The third-order valence-electron chi connectivity index (χ3n) is 2.36. The van der Waals surface area contributed by atoms with Gasteiger partial charge in [0.05, 0.1) is 26.9 Å². The summed E-state index contributed by atoms with van der Waals surface area (Å²) in [7, 11) is 1.48. The number of aliphatic hydroxyl groups is 1. The van der Waals surface area contributed by atoms with Crippen LogP contribution in [0.25, 0.3) is 0 Å². The molecule has 2 unspecified atom stereocenters. The van der Waals surface area contributed by atoms with E-state index in [1.807, 2.05) is 0 Å². The van der Waals surface area contributed by atoms with Gasteiger partial charge in [-0.1, -0.05) is 0 Å². The zero-order valence-electron chi connectivity index (χ0n) is 9.00. The predicted molar refractivity (Wildman–Crippen MR) is 54.1 cm³/mol. The lowest BCUT2D eigenvalue weighted by Gasteiger charge is -2.27. The number of hydrogen-bond donors (Lipinski definition) is 1. The van der Waals surface area contributed by atoms with Crippen molar-refractivity contribution in [2.24, 2.45) is 0 Å². The molecule has 1 N–H and O–H groups in total. The molecule has 6 nitrogen and oxygen atoms in total. The predicted octanol–water partition coefficient (Wildman–Crippen LogP) is -0.0660. The van der Waals surface area contributed by atoms with Gasteiger partial charge in [-0.05, 0) is 0 Å². The number of nitrogens with zero attached hydrogens (tertiary/aromatic N) is 2. The lowest BCUT2D eigenvalue weighted by atomic mass is 10.1. The Hall–Kier alpha value is -1.24. The molecule has 0 amide bonds. The molecule has 6 heteroatoms. The van der Waals surface area contributed by atoms with Gasteiger partial charge < -0.3 is 19.3 Å². The fraction of sp³-hybridized carbons (Fsp3) is 0.600. The van der Waals surface area contributed by atoms with Gasteiger partial charge in [-0.25, -0.2) is 4.98 Å². The van der Waals surface area contributed by atoms with Gasteiger partial charge in [0.2, 0.25) is 5.88 Å². The molecule has 16 heavy (non-hydrogen) atoms. The van der Waals surface area contributed by atoms with Crippen molar-refractivity contribution in [2.45, 2.75) is 12.2 Å². The number of aromatic nitrogens is 2. The Labute approximate surface area is 93.2 Å². The van der Waals surface area contributed by atoms with Crippen LogP contribution in [0.5, 0.6) is 5.88 Å². The Morgan fingerprint density at radius 1 is 1.44 bits per heavy atom. The van der Waals surface area contributed by atoms with Crippen LogP contribution in [-0.4, -0.2) is 48.1 Å². The third-order valence-corrected chi connectivity index (χ3v) is 2.36. The first kappa shape index (κ1) is 11.3. The van der Waals surface area contributed by atoms with E-state index in [9.17, 15) is 5.11 Å². The van der Waals surface area contributed by atoms with Gasteiger partial charge in [-0.15, -0.1) is 0 Å². The average Bonchev–Trinajstić information content (AvgIpc) is 2.39. The van der Waals surface area contributed by atoms with Crippen LogP contribution in [0.1, 0.15) is 11.8 Å². The highest BCUT2D eigenvalue weighted by Gasteiger charge is 2.28. The zero-order chi connectivity index (χ0) is 11.4. The highest BCUT2D eigenvalue weighted by atomic mass is 16.6. The molecular formula is C10H14N2O4. The minimum absolute atomic E-state index is 0.309. The molecule has 0 spiro atoms. The molecule has 88 valence electrons. The molecule has 2 atom stereocenters. The second kappa shape index (κ2) is 5.20. The van der Waals surface area contributed by atoms with E-state index in [1.54, 1.807) is 0 Å². The molecule has 1 aliphatic heterocycles. The van der Waals surface area contributed by atoms with Crippen LogP contribution in [0.2, 0.25) is 0 Å². The summed E-state index contributed by atoms with van der Waals surface area (Å²) < 4.78 is 15.6. The van der Waals surface area contributed by atoms with Crippen molar-refractivity contribution < 1.29 is 19.3 Å². The first-order valence-corrected chi connectivity index (χ1v) is 5.05. The topological polar surface area (TPSA) is 73.7 Å². The monoisotopic (exact) mass is 226 g/mol. The summed E-state index contributed by atoms with van der Waals surface area (Å²) in [6, 6.07) is 0. The first-order valence-electron chi connectivity index (χ1n) is 5.05. The lowest BCUT2D eigenvalue weighted by molar-refractivity contribution is -0.134. The maximum atomic E-state index is 10.1. The van der Waals surface area contributed by atoms with Crippen LogP contribution >= 0.6 is 0 Å². The molecule has 0 radical (unpaired) electrons. The molecule has 1 fully saturated rings. The summed E-state index contributed by atoms with van der Waals surface area (Å²) in [5, 5.41) is 10.1. The molecule has 2 rings (SSSR count). The molecule has 0 bridgehead atoms. The quantitative estimate of drug-likeness (QED) is 0.778.